The third-order valence-electron chi connectivity index (χ3n) is 2.39. The molecule has 0 radical (unpaired) electrons. The average molecular weight is 286 g/mol. The Morgan fingerprint density at radius 1 is 0.941 bits per heavy atom. The van der Waals surface area contributed by atoms with Gasteiger partial charge >= 0.3 is 0 Å². The number of rotatable bonds is 2. The van der Waals surface area contributed by atoms with Gasteiger partial charge in [0.1, 0.15) is 0 Å². The van der Waals surface area contributed by atoms with Crippen molar-refractivity contribution in [3.8, 4) is 11.1 Å². The lowest BCUT2D eigenvalue weighted by atomic mass is 10.0. The van der Waals surface area contributed by atoms with Crippen molar-refractivity contribution in [3.05, 3.63) is 57.0 Å². The van der Waals surface area contributed by atoms with E-state index in [1.807, 2.05) is 12.1 Å². The molecule has 0 fully saturated rings. The van der Waals surface area contributed by atoms with Gasteiger partial charge < -0.3 is 0 Å². The molecule has 0 aliphatic rings. The van der Waals surface area contributed by atoms with Gasteiger partial charge in [0, 0.05) is 11.1 Å². The van der Waals surface area contributed by atoms with Gasteiger partial charge in [-0.1, -0.05) is 53.0 Å². The number of aldehydes is 1. The molecule has 0 N–H and O–H groups in total. The van der Waals surface area contributed by atoms with Gasteiger partial charge in [-0.25, -0.2) is 0 Å². The fourth-order valence-corrected chi connectivity index (χ4v) is 2.15. The number of carbonyl (C=O) groups is 1. The molecule has 0 amide bonds. The maximum Gasteiger partial charge on any atom is 0.151 e. The Balaban J connectivity index is 2.57. The van der Waals surface area contributed by atoms with Crippen LogP contribution in [0.15, 0.2) is 36.4 Å². The summed E-state index contributed by atoms with van der Waals surface area (Å²) < 4.78 is 0. The lowest BCUT2D eigenvalue weighted by molar-refractivity contribution is 0.112. The largest absolute Gasteiger partial charge is 0.298 e. The van der Waals surface area contributed by atoms with Gasteiger partial charge in [0.25, 0.3) is 0 Å². The molecule has 2 aromatic rings. The van der Waals surface area contributed by atoms with Gasteiger partial charge in [0.15, 0.2) is 6.29 Å². The van der Waals surface area contributed by atoms with Crippen LogP contribution >= 0.6 is 34.8 Å². The number of benzene rings is 2. The summed E-state index contributed by atoms with van der Waals surface area (Å²) in [5.74, 6) is 0. The molecule has 0 saturated carbocycles. The van der Waals surface area contributed by atoms with Crippen LogP contribution in [0.1, 0.15) is 10.4 Å². The van der Waals surface area contributed by atoms with Crippen molar-refractivity contribution in [2.24, 2.45) is 0 Å². The molecule has 1 nitrogen and oxygen atoms in total. The van der Waals surface area contributed by atoms with E-state index in [2.05, 4.69) is 0 Å². The molecule has 2 rings (SSSR count). The minimum absolute atomic E-state index is 0.397. The van der Waals surface area contributed by atoms with Gasteiger partial charge in [0.05, 0.1) is 15.1 Å². The van der Waals surface area contributed by atoms with E-state index in [-0.39, 0.29) is 0 Å². The highest BCUT2D eigenvalue weighted by atomic mass is 35.5. The molecule has 0 unspecified atom stereocenters. The molecule has 0 atom stereocenters. The zero-order valence-corrected chi connectivity index (χ0v) is 10.9. The Morgan fingerprint density at radius 3 is 2.35 bits per heavy atom. The lowest BCUT2D eigenvalue weighted by Gasteiger charge is -2.07. The standard InChI is InChI=1S/C13H7Cl3O/c14-11-3-1-2-10(13(11)16)8-4-5-9(7-17)12(15)6-8/h1-7H. The highest BCUT2D eigenvalue weighted by molar-refractivity contribution is 6.43. The van der Waals surface area contributed by atoms with Crippen LogP contribution < -0.4 is 0 Å². The summed E-state index contributed by atoms with van der Waals surface area (Å²) in [5.41, 5.74) is 2.07. The zero-order chi connectivity index (χ0) is 12.4. The Labute approximate surface area is 114 Å². The first-order chi connectivity index (χ1) is 8.13. The van der Waals surface area contributed by atoms with Crippen molar-refractivity contribution < 1.29 is 4.79 Å². The molecule has 17 heavy (non-hydrogen) atoms. The second-order valence-corrected chi connectivity index (χ2v) is 4.65. The molecule has 0 aliphatic carbocycles. The fourth-order valence-electron chi connectivity index (χ4n) is 1.52. The van der Waals surface area contributed by atoms with E-state index in [1.54, 1.807) is 24.3 Å². The number of hydrogen-bond donors (Lipinski definition) is 0. The van der Waals surface area contributed by atoms with Crippen LogP contribution in [0.2, 0.25) is 15.1 Å². The lowest BCUT2D eigenvalue weighted by Crippen LogP contribution is -1.85. The third-order valence-corrected chi connectivity index (χ3v) is 3.54. The van der Waals surface area contributed by atoms with E-state index in [0.717, 1.165) is 11.1 Å². The minimum atomic E-state index is 0.397. The van der Waals surface area contributed by atoms with Crippen molar-refractivity contribution in [2.75, 3.05) is 0 Å². The van der Waals surface area contributed by atoms with Crippen molar-refractivity contribution in [1.29, 1.82) is 0 Å². The predicted octanol–water partition coefficient (Wildman–Crippen LogP) is 5.13. The van der Waals surface area contributed by atoms with Gasteiger partial charge in [-0.15, -0.1) is 0 Å². The average Bonchev–Trinajstić information content (AvgIpc) is 2.32. The van der Waals surface area contributed by atoms with E-state index in [0.29, 0.717) is 26.9 Å². The highest BCUT2D eigenvalue weighted by Crippen LogP contribution is 2.34. The summed E-state index contributed by atoms with van der Waals surface area (Å²) in [6.07, 6.45) is 0.714. The van der Waals surface area contributed by atoms with E-state index >= 15 is 0 Å². The van der Waals surface area contributed by atoms with E-state index in [4.69, 9.17) is 34.8 Å². The second kappa shape index (κ2) is 5.09. The SMILES string of the molecule is O=Cc1ccc(-c2cccc(Cl)c2Cl)cc1Cl. The van der Waals surface area contributed by atoms with Crippen LogP contribution in [-0.4, -0.2) is 6.29 Å². The van der Waals surface area contributed by atoms with Crippen LogP contribution in [0.4, 0.5) is 0 Å². The van der Waals surface area contributed by atoms with Gasteiger partial charge in [-0.3, -0.25) is 4.79 Å². The maximum atomic E-state index is 10.7. The summed E-state index contributed by atoms with van der Waals surface area (Å²) in [4.78, 5) is 10.7. The molecule has 0 heterocycles. The van der Waals surface area contributed by atoms with Crippen LogP contribution in [0, 0.1) is 0 Å². The first-order valence-electron chi connectivity index (χ1n) is 4.82. The summed E-state index contributed by atoms with van der Waals surface area (Å²) >= 11 is 18.0. The Hall–Kier alpha value is -1.02. The fraction of sp³-hybridized carbons (Fsp3) is 0. The molecule has 0 aromatic heterocycles. The van der Waals surface area contributed by atoms with Gasteiger partial charge in [0.2, 0.25) is 0 Å². The smallest absolute Gasteiger partial charge is 0.151 e. The van der Waals surface area contributed by atoms with Crippen molar-refractivity contribution in [3.63, 3.8) is 0 Å². The van der Waals surface area contributed by atoms with Crippen LogP contribution in [0.25, 0.3) is 11.1 Å². The molecule has 0 bridgehead atoms. The zero-order valence-electron chi connectivity index (χ0n) is 8.58. The Kier molecular flexibility index (Phi) is 3.72. The second-order valence-electron chi connectivity index (χ2n) is 3.46. The van der Waals surface area contributed by atoms with Crippen LogP contribution in [0.3, 0.4) is 0 Å². The van der Waals surface area contributed by atoms with Crippen molar-refractivity contribution in [1.82, 2.24) is 0 Å². The molecular weight excluding hydrogens is 279 g/mol. The molecule has 0 spiro atoms. The summed E-state index contributed by atoms with van der Waals surface area (Å²) in [6, 6.07) is 10.5. The molecule has 0 aliphatic heterocycles. The third kappa shape index (κ3) is 2.47. The monoisotopic (exact) mass is 284 g/mol. The molecule has 86 valence electrons. The van der Waals surface area contributed by atoms with Crippen molar-refractivity contribution in [2.45, 2.75) is 0 Å². The predicted molar refractivity (Wildman–Crippen MR) is 72.3 cm³/mol. The number of carbonyl (C=O) groups excluding carboxylic acids is 1. The Morgan fingerprint density at radius 2 is 1.71 bits per heavy atom. The Bertz CT molecular complexity index is 579. The topological polar surface area (TPSA) is 17.1 Å². The first kappa shape index (κ1) is 12.4. The summed E-state index contributed by atoms with van der Waals surface area (Å²) in [6.45, 7) is 0. The molecular formula is C13H7Cl3O. The summed E-state index contributed by atoms with van der Waals surface area (Å²) in [7, 11) is 0. The molecule has 0 saturated heterocycles. The van der Waals surface area contributed by atoms with Gasteiger partial charge in [-0.05, 0) is 23.8 Å². The minimum Gasteiger partial charge on any atom is -0.298 e. The van der Waals surface area contributed by atoms with Crippen LogP contribution in [-0.2, 0) is 0 Å². The van der Waals surface area contributed by atoms with Crippen LogP contribution in [0.5, 0.6) is 0 Å². The first-order valence-corrected chi connectivity index (χ1v) is 5.96. The number of hydrogen-bond acceptors (Lipinski definition) is 1. The summed E-state index contributed by atoms with van der Waals surface area (Å²) in [5, 5.41) is 1.36. The highest BCUT2D eigenvalue weighted by Gasteiger charge is 2.08. The van der Waals surface area contributed by atoms with E-state index in [1.165, 1.54) is 0 Å². The van der Waals surface area contributed by atoms with Crippen molar-refractivity contribution >= 4 is 41.1 Å². The van der Waals surface area contributed by atoms with E-state index < -0.39 is 0 Å². The number of halogens is 3. The molecule has 4 heteroatoms. The quantitative estimate of drug-likeness (QED) is 0.699. The maximum absolute atomic E-state index is 10.7. The van der Waals surface area contributed by atoms with Gasteiger partial charge in [-0.2, -0.15) is 0 Å². The molecule has 2 aromatic carbocycles. The van der Waals surface area contributed by atoms with E-state index in [9.17, 15) is 4.79 Å². The normalized spacial score (nSPS) is 10.3.